The summed E-state index contributed by atoms with van der Waals surface area (Å²) in [6.07, 6.45) is 1.35. The van der Waals surface area contributed by atoms with E-state index in [-0.39, 0.29) is 24.3 Å². The molecule has 0 radical (unpaired) electrons. The first-order valence-corrected chi connectivity index (χ1v) is 6.34. The molecule has 0 aromatic rings. The molecule has 1 atom stereocenters. The Hall–Kier alpha value is -1.59. The van der Waals surface area contributed by atoms with E-state index in [1.54, 1.807) is 11.8 Å². The fourth-order valence-electron chi connectivity index (χ4n) is 2.52. The number of nitrogens with one attached hydrogen (secondary N) is 1. The molecule has 2 fully saturated rings. The third-order valence-corrected chi connectivity index (χ3v) is 3.80. The molecule has 2 aliphatic rings. The lowest BCUT2D eigenvalue weighted by atomic mass is 9.80. The van der Waals surface area contributed by atoms with Crippen molar-refractivity contribution in [3.05, 3.63) is 0 Å². The highest BCUT2D eigenvalue weighted by Crippen LogP contribution is 2.30. The van der Waals surface area contributed by atoms with E-state index in [0.29, 0.717) is 26.2 Å². The van der Waals surface area contributed by atoms with Crippen LogP contribution in [0.3, 0.4) is 0 Å². The van der Waals surface area contributed by atoms with Crippen LogP contribution in [0.25, 0.3) is 0 Å². The van der Waals surface area contributed by atoms with Gasteiger partial charge in [-0.25, -0.2) is 0 Å². The average molecular weight is 253 g/mol. The highest BCUT2D eigenvalue weighted by molar-refractivity contribution is 6.06. The van der Waals surface area contributed by atoms with E-state index < -0.39 is 5.41 Å². The monoisotopic (exact) mass is 253 g/mol. The second-order valence-electron chi connectivity index (χ2n) is 5.09. The Morgan fingerprint density at radius 3 is 2.72 bits per heavy atom. The first kappa shape index (κ1) is 12.9. The highest BCUT2D eigenvalue weighted by Gasteiger charge is 2.47. The molecule has 0 unspecified atom stereocenters. The van der Waals surface area contributed by atoms with E-state index in [9.17, 15) is 14.4 Å². The largest absolute Gasteiger partial charge is 0.355 e. The summed E-state index contributed by atoms with van der Waals surface area (Å²) in [5, 5.41) is 2.73. The standard InChI is InChI=1S/C12H19N3O3/c1-3-14-8-15(7-9(14)16)11(18)12(2)5-4-6-13-10(12)17/h3-8H2,1-2H3,(H,13,17)/t12-/m1/s1. The van der Waals surface area contributed by atoms with Crippen molar-refractivity contribution < 1.29 is 14.4 Å². The number of amides is 3. The molecule has 18 heavy (non-hydrogen) atoms. The van der Waals surface area contributed by atoms with Crippen LogP contribution in [0.2, 0.25) is 0 Å². The Bertz CT molecular complexity index is 396. The molecule has 0 aromatic heterocycles. The maximum Gasteiger partial charge on any atom is 0.243 e. The van der Waals surface area contributed by atoms with Gasteiger partial charge in [0, 0.05) is 13.1 Å². The summed E-state index contributed by atoms with van der Waals surface area (Å²) >= 11 is 0. The molecule has 2 saturated heterocycles. The van der Waals surface area contributed by atoms with Gasteiger partial charge in [0.15, 0.2) is 0 Å². The van der Waals surface area contributed by atoms with Crippen LogP contribution in [0.15, 0.2) is 0 Å². The van der Waals surface area contributed by atoms with Crippen molar-refractivity contribution >= 4 is 17.7 Å². The molecular weight excluding hydrogens is 234 g/mol. The minimum atomic E-state index is -1.01. The lowest BCUT2D eigenvalue weighted by Crippen LogP contribution is -2.53. The lowest BCUT2D eigenvalue weighted by Gasteiger charge is -2.34. The minimum Gasteiger partial charge on any atom is -0.355 e. The number of carbonyl (C=O) groups excluding carboxylic acids is 3. The zero-order chi connectivity index (χ0) is 13.3. The van der Waals surface area contributed by atoms with Gasteiger partial charge in [0.25, 0.3) is 0 Å². The molecule has 6 heteroatoms. The lowest BCUT2D eigenvalue weighted by molar-refractivity contribution is -0.151. The minimum absolute atomic E-state index is 0.0503. The molecular formula is C12H19N3O3. The van der Waals surface area contributed by atoms with Gasteiger partial charge in [-0.3, -0.25) is 14.4 Å². The van der Waals surface area contributed by atoms with Crippen LogP contribution in [0.4, 0.5) is 0 Å². The second kappa shape index (κ2) is 4.59. The van der Waals surface area contributed by atoms with Crippen molar-refractivity contribution in [1.29, 1.82) is 0 Å². The van der Waals surface area contributed by atoms with Crippen molar-refractivity contribution in [3.8, 4) is 0 Å². The van der Waals surface area contributed by atoms with Crippen molar-refractivity contribution in [2.24, 2.45) is 5.41 Å². The SMILES string of the molecule is CCN1CN(C(=O)[C@]2(C)CCCNC2=O)CC1=O. The van der Waals surface area contributed by atoms with Crippen LogP contribution in [-0.2, 0) is 14.4 Å². The van der Waals surface area contributed by atoms with Crippen molar-refractivity contribution in [3.63, 3.8) is 0 Å². The van der Waals surface area contributed by atoms with Gasteiger partial charge in [-0.15, -0.1) is 0 Å². The van der Waals surface area contributed by atoms with E-state index in [1.165, 1.54) is 4.90 Å². The van der Waals surface area contributed by atoms with E-state index in [1.807, 2.05) is 6.92 Å². The molecule has 0 aliphatic carbocycles. The molecule has 2 aliphatic heterocycles. The van der Waals surface area contributed by atoms with Gasteiger partial charge in [-0.1, -0.05) is 0 Å². The summed E-state index contributed by atoms with van der Waals surface area (Å²) in [7, 11) is 0. The van der Waals surface area contributed by atoms with Crippen LogP contribution in [0.5, 0.6) is 0 Å². The van der Waals surface area contributed by atoms with Gasteiger partial charge in [0.2, 0.25) is 17.7 Å². The van der Waals surface area contributed by atoms with Crippen LogP contribution in [0, 0.1) is 5.41 Å². The van der Waals surface area contributed by atoms with Crippen LogP contribution in [-0.4, -0.2) is 53.8 Å². The van der Waals surface area contributed by atoms with Gasteiger partial charge in [-0.2, -0.15) is 0 Å². The second-order valence-corrected chi connectivity index (χ2v) is 5.09. The molecule has 6 nitrogen and oxygen atoms in total. The van der Waals surface area contributed by atoms with Gasteiger partial charge < -0.3 is 15.1 Å². The van der Waals surface area contributed by atoms with Crippen LogP contribution >= 0.6 is 0 Å². The number of hydrogen-bond acceptors (Lipinski definition) is 3. The van der Waals surface area contributed by atoms with Gasteiger partial charge in [0.05, 0.1) is 6.67 Å². The van der Waals surface area contributed by atoms with Crippen LogP contribution in [0.1, 0.15) is 26.7 Å². The molecule has 100 valence electrons. The normalized spacial score (nSPS) is 28.6. The molecule has 0 bridgehead atoms. The Morgan fingerprint density at radius 2 is 2.17 bits per heavy atom. The molecule has 2 rings (SSSR count). The summed E-state index contributed by atoms with van der Waals surface area (Å²) in [6, 6.07) is 0. The summed E-state index contributed by atoms with van der Waals surface area (Å²) < 4.78 is 0. The summed E-state index contributed by atoms with van der Waals surface area (Å²) in [5.74, 6) is -0.504. The topological polar surface area (TPSA) is 69.7 Å². The third-order valence-electron chi connectivity index (χ3n) is 3.80. The van der Waals surface area contributed by atoms with E-state index in [2.05, 4.69) is 5.32 Å². The molecule has 3 amide bonds. The number of rotatable bonds is 2. The van der Waals surface area contributed by atoms with Crippen molar-refractivity contribution in [2.75, 3.05) is 26.3 Å². The van der Waals surface area contributed by atoms with Gasteiger partial charge in [0.1, 0.15) is 12.0 Å². The number of piperidine rings is 1. The van der Waals surface area contributed by atoms with E-state index in [4.69, 9.17) is 0 Å². The Balaban J connectivity index is 2.12. The molecule has 0 saturated carbocycles. The predicted octanol–water partition coefficient (Wildman–Crippen LogP) is -0.449. The average Bonchev–Trinajstić information content (AvgIpc) is 2.73. The van der Waals surface area contributed by atoms with Gasteiger partial charge in [-0.05, 0) is 26.7 Å². The Morgan fingerprint density at radius 1 is 1.44 bits per heavy atom. The molecule has 0 aromatic carbocycles. The first-order chi connectivity index (χ1) is 8.49. The Kier molecular flexibility index (Phi) is 3.28. The summed E-state index contributed by atoms with van der Waals surface area (Å²) in [5.41, 5.74) is -1.01. The molecule has 0 spiro atoms. The van der Waals surface area contributed by atoms with E-state index >= 15 is 0 Å². The quantitative estimate of drug-likeness (QED) is 0.678. The van der Waals surface area contributed by atoms with Crippen molar-refractivity contribution in [1.82, 2.24) is 15.1 Å². The maximum atomic E-state index is 12.4. The summed E-state index contributed by atoms with van der Waals surface area (Å²) in [4.78, 5) is 39.0. The zero-order valence-electron chi connectivity index (χ0n) is 10.9. The number of nitrogens with zero attached hydrogens (tertiary/aromatic N) is 2. The zero-order valence-corrected chi connectivity index (χ0v) is 10.9. The smallest absolute Gasteiger partial charge is 0.243 e. The fourth-order valence-corrected chi connectivity index (χ4v) is 2.52. The molecule has 1 N–H and O–H groups in total. The van der Waals surface area contributed by atoms with E-state index in [0.717, 1.165) is 6.42 Å². The Labute approximate surface area is 106 Å². The highest BCUT2D eigenvalue weighted by atomic mass is 16.2. The maximum absolute atomic E-state index is 12.4. The van der Waals surface area contributed by atoms with Crippen molar-refractivity contribution in [2.45, 2.75) is 26.7 Å². The summed E-state index contributed by atoms with van der Waals surface area (Å²) in [6.45, 7) is 5.16. The molecule has 2 heterocycles. The number of carbonyl (C=O) groups is 3. The third kappa shape index (κ3) is 1.95. The van der Waals surface area contributed by atoms with Gasteiger partial charge >= 0.3 is 0 Å². The van der Waals surface area contributed by atoms with Crippen LogP contribution < -0.4 is 5.32 Å². The predicted molar refractivity (Wildman–Crippen MR) is 64.3 cm³/mol. The first-order valence-electron chi connectivity index (χ1n) is 6.34. The number of likely N-dealkylation sites (N-methyl/N-ethyl adjacent to an activating group) is 1. The number of hydrogen-bond donors (Lipinski definition) is 1. The fraction of sp³-hybridized carbons (Fsp3) is 0.750.